The maximum Gasteiger partial charge on any atom is 0.261 e. The monoisotopic (exact) mass is 448 g/mol. The van der Waals surface area contributed by atoms with Gasteiger partial charge < -0.3 is 20.4 Å². The lowest BCUT2D eigenvalue weighted by atomic mass is 9.89. The average Bonchev–Trinajstić information content (AvgIpc) is 3.41. The van der Waals surface area contributed by atoms with E-state index in [0.29, 0.717) is 31.1 Å². The number of carbonyl (C=O) groups is 4. The van der Waals surface area contributed by atoms with Crippen LogP contribution in [0.4, 0.5) is 0 Å². The van der Waals surface area contributed by atoms with E-state index in [1.54, 1.807) is 17.0 Å². The first kappa shape index (κ1) is 23.2. The number of nitrogens with one attached hydrogen (secondary N) is 2. The molecule has 0 spiro atoms. The molecule has 0 saturated carbocycles. The van der Waals surface area contributed by atoms with E-state index >= 15 is 0 Å². The number of rotatable bonds is 8. The van der Waals surface area contributed by atoms with E-state index in [0.717, 1.165) is 19.3 Å². The van der Waals surface area contributed by atoms with Gasteiger partial charge in [-0.3, -0.25) is 19.2 Å². The second-order valence-corrected chi connectivity index (χ2v) is 9.37. The average molecular weight is 449 g/mol. The normalized spacial score (nSPS) is 23.7. The number of hydrogen-bond donors (Lipinski definition) is 2. The summed E-state index contributed by atoms with van der Waals surface area (Å²) in [6.07, 6.45) is 3.07. The quantitative estimate of drug-likeness (QED) is 0.629. The Morgan fingerprint density at radius 2 is 2.06 bits per heavy atom. The molecule has 31 heavy (non-hydrogen) atoms. The molecule has 2 aliphatic rings. The van der Waals surface area contributed by atoms with Gasteiger partial charge in [0, 0.05) is 32.6 Å². The molecule has 1 aromatic heterocycles. The van der Waals surface area contributed by atoms with Gasteiger partial charge in [0.05, 0.1) is 23.4 Å². The van der Waals surface area contributed by atoms with Crippen LogP contribution in [0.15, 0.2) is 17.5 Å². The molecule has 9 heteroatoms. The van der Waals surface area contributed by atoms with Gasteiger partial charge in [-0.25, -0.2) is 0 Å². The van der Waals surface area contributed by atoms with Gasteiger partial charge >= 0.3 is 0 Å². The fourth-order valence-electron chi connectivity index (χ4n) is 4.43. The molecular weight excluding hydrogens is 416 g/mol. The Bertz CT molecular complexity index is 797. The number of carbonyl (C=O) groups excluding carboxylic acids is 4. The molecule has 2 N–H and O–H groups in total. The maximum atomic E-state index is 13.2. The first-order valence-corrected chi connectivity index (χ1v) is 11.9. The summed E-state index contributed by atoms with van der Waals surface area (Å²) >= 11 is 1.32. The van der Waals surface area contributed by atoms with Crippen LogP contribution in [-0.2, 0) is 14.4 Å². The van der Waals surface area contributed by atoms with Crippen molar-refractivity contribution in [2.75, 3.05) is 32.7 Å². The van der Waals surface area contributed by atoms with Crippen LogP contribution in [-0.4, -0.2) is 72.2 Å². The van der Waals surface area contributed by atoms with Crippen LogP contribution in [0.2, 0.25) is 0 Å². The molecule has 0 radical (unpaired) electrons. The van der Waals surface area contributed by atoms with Gasteiger partial charge in [0.15, 0.2) is 0 Å². The molecule has 0 aromatic carbocycles. The van der Waals surface area contributed by atoms with E-state index in [2.05, 4.69) is 17.6 Å². The van der Waals surface area contributed by atoms with Crippen LogP contribution < -0.4 is 10.6 Å². The van der Waals surface area contributed by atoms with Gasteiger partial charge in [-0.15, -0.1) is 11.3 Å². The van der Waals surface area contributed by atoms with Crippen molar-refractivity contribution >= 4 is 35.0 Å². The molecule has 3 unspecified atom stereocenters. The maximum absolute atomic E-state index is 13.2. The topological polar surface area (TPSA) is 98.8 Å². The summed E-state index contributed by atoms with van der Waals surface area (Å²) in [4.78, 5) is 53.9. The number of nitrogens with zero attached hydrogens (tertiary/aromatic N) is 2. The summed E-state index contributed by atoms with van der Waals surface area (Å²) in [5, 5.41) is 7.31. The molecule has 2 aliphatic heterocycles. The fraction of sp³-hybridized carbons (Fsp3) is 0.636. The molecule has 3 rings (SSSR count). The molecule has 4 amide bonds. The van der Waals surface area contributed by atoms with Crippen molar-refractivity contribution in [1.82, 2.24) is 20.4 Å². The van der Waals surface area contributed by atoms with Crippen LogP contribution in [0.5, 0.6) is 0 Å². The zero-order chi connectivity index (χ0) is 22.4. The molecule has 2 saturated heterocycles. The minimum absolute atomic E-state index is 0.0174. The summed E-state index contributed by atoms with van der Waals surface area (Å²) in [5.74, 6) is -0.522. The largest absolute Gasteiger partial charge is 0.352 e. The van der Waals surface area contributed by atoms with Gasteiger partial charge in [0.2, 0.25) is 17.7 Å². The van der Waals surface area contributed by atoms with Gasteiger partial charge in [0.1, 0.15) is 0 Å². The molecule has 2 fully saturated rings. The van der Waals surface area contributed by atoms with E-state index in [4.69, 9.17) is 0 Å². The number of hydrogen-bond acceptors (Lipinski definition) is 5. The molecule has 0 aliphatic carbocycles. The first-order chi connectivity index (χ1) is 14.9. The van der Waals surface area contributed by atoms with Crippen molar-refractivity contribution in [2.24, 2.45) is 11.8 Å². The highest BCUT2D eigenvalue weighted by atomic mass is 32.1. The predicted octanol–water partition coefficient (Wildman–Crippen LogP) is 1.48. The first-order valence-electron chi connectivity index (χ1n) is 11.1. The lowest BCUT2D eigenvalue weighted by molar-refractivity contribution is -0.141. The lowest BCUT2D eigenvalue weighted by Crippen LogP contribution is -2.55. The van der Waals surface area contributed by atoms with Crippen molar-refractivity contribution in [3.05, 3.63) is 22.4 Å². The fourth-order valence-corrected chi connectivity index (χ4v) is 5.07. The number of thiophene rings is 1. The third kappa shape index (κ3) is 5.84. The van der Waals surface area contributed by atoms with Crippen LogP contribution in [0.25, 0.3) is 0 Å². The van der Waals surface area contributed by atoms with Crippen molar-refractivity contribution in [2.45, 2.75) is 45.6 Å². The number of likely N-dealkylation sites (tertiary alicyclic amines) is 2. The van der Waals surface area contributed by atoms with E-state index in [-0.39, 0.29) is 54.5 Å². The second kappa shape index (κ2) is 10.7. The van der Waals surface area contributed by atoms with Crippen LogP contribution in [0.3, 0.4) is 0 Å². The Hall–Kier alpha value is -2.42. The van der Waals surface area contributed by atoms with E-state index < -0.39 is 0 Å². The summed E-state index contributed by atoms with van der Waals surface area (Å²) in [6, 6.07) is 3.39. The summed E-state index contributed by atoms with van der Waals surface area (Å²) in [5.41, 5.74) is 0. The van der Waals surface area contributed by atoms with Crippen molar-refractivity contribution in [3.8, 4) is 0 Å². The highest BCUT2D eigenvalue weighted by molar-refractivity contribution is 7.12. The highest BCUT2D eigenvalue weighted by Crippen LogP contribution is 2.28. The Kier molecular flexibility index (Phi) is 8.06. The molecule has 8 nitrogen and oxygen atoms in total. The SMILES string of the molecule is CCCN1CC(C(=O)N2CCCC(C)C2CNC(=O)CNC(=O)c2cccs2)CC1=O. The van der Waals surface area contributed by atoms with Crippen LogP contribution >= 0.6 is 11.3 Å². The van der Waals surface area contributed by atoms with Crippen LogP contribution in [0, 0.1) is 11.8 Å². The highest BCUT2D eigenvalue weighted by Gasteiger charge is 2.40. The summed E-state index contributed by atoms with van der Waals surface area (Å²) in [6.45, 7) is 6.19. The Morgan fingerprint density at radius 3 is 2.77 bits per heavy atom. The standard InChI is InChI=1S/C22H32N4O4S/c1-3-8-25-14-16(11-20(25)28)22(30)26-9-4-6-15(2)17(26)12-23-19(27)13-24-21(29)18-7-5-10-31-18/h5,7,10,15-17H,3-4,6,8-9,11-14H2,1-2H3,(H,23,27)(H,24,29). The van der Waals surface area contributed by atoms with Gasteiger partial charge in [-0.05, 0) is 36.6 Å². The zero-order valence-electron chi connectivity index (χ0n) is 18.3. The van der Waals surface area contributed by atoms with E-state index in [9.17, 15) is 19.2 Å². The van der Waals surface area contributed by atoms with E-state index in [1.165, 1.54) is 11.3 Å². The van der Waals surface area contributed by atoms with Crippen LogP contribution in [0.1, 0.15) is 49.2 Å². The Balaban J connectivity index is 1.53. The molecule has 3 atom stereocenters. The van der Waals surface area contributed by atoms with Crippen molar-refractivity contribution < 1.29 is 19.2 Å². The van der Waals surface area contributed by atoms with Gasteiger partial charge in [-0.2, -0.15) is 0 Å². The minimum Gasteiger partial charge on any atom is -0.352 e. The smallest absolute Gasteiger partial charge is 0.261 e. The number of amides is 4. The number of piperidine rings is 1. The summed E-state index contributed by atoms with van der Waals surface area (Å²) in [7, 11) is 0. The van der Waals surface area contributed by atoms with Crippen molar-refractivity contribution in [3.63, 3.8) is 0 Å². The molecular formula is C22H32N4O4S. The van der Waals surface area contributed by atoms with Gasteiger partial charge in [-0.1, -0.05) is 19.9 Å². The minimum atomic E-state index is -0.298. The summed E-state index contributed by atoms with van der Waals surface area (Å²) < 4.78 is 0. The van der Waals surface area contributed by atoms with Crippen molar-refractivity contribution in [1.29, 1.82) is 0 Å². The molecule has 0 bridgehead atoms. The second-order valence-electron chi connectivity index (χ2n) is 8.42. The molecule has 1 aromatic rings. The zero-order valence-corrected chi connectivity index (χ0v) is 19.1. The third-order valence-electron chi connectivity index (χ3n) is 6.12. The lowest BCUT2D eigenvalue weighted by Gasteiger charge is -2.41. The van der Waals surface area contributed by atoms with E-state index in [1.807, 2.05) is 17.2 Å². The Morgan fingerprint density at radius 1 is 1.26 bits per heavy atom. The molecule has 170 valence electrons. The predicted molar refractivity (Wildman–Crippen MR) is 119 cm³/mol. The third-order valence-corrected chi connectivity index (χ3v) is 6.99. The molecule has 3 heterocycles. The van der Waals surface area contributed by atoms with Gasteiger partial charge in [0.25, 0.3) is 5.91 Å². The Labute approximate surface area is 187 Å².